The molecule has 1 aromatic heterocycles. The fourth-order valence-corrected chi connectivity index (χ4v) is 0.991. The minimum absolute atomic E-state index is 0.873. The average molecular weight is 183 g/mol. The van der Waals surface area contributed by atoms with E-state index in [4.69, 9.17) is 4.52 Å². The molecular formula is C11H21NO. The number of aromatic nitrogens is 1. The SMILES string of the molecule is CCCCCC.Cc1cc(C)on1. The highest BCUT2D eigenvalue weighted by atomic mass is 16.5. The van der Waals surface area contributed by atoms with Crippen molar-refractivity contribution < 1.29 is 4.52 Å². The highest BCUT2D eigenvalue weighted by molar-refractivity contribution is 4.99. The number of unbranched alkanes of at least 4 members (excludes halogenated alkanes) is 3. The van der Waals surface area contributed by atoms with Crippen LogP contribution in [-0.2, 0) is 0 Å². The molecule has 0 spiro atoms. The van der Waals surface area contributed by atoms with E-state index in [1.807, 2.05) is 19.9 Å². The summed E-state index contributed by atoms with van der Waals surface area (Å²) in [6.45, 7) is 8.24. The maximum absolute atomic E-state index is 4.71. The monoisotopic (exact) mass is 183 g/mol. The maximum atomic E-state index is 4.71. The molecule has 13 heavy (non-hydrogen) atoms. The van der Waals surface area contributed by atoms with E-state index < -0.39 is 0 Å². The van der Waals surface area contributed by atoms with Gasteiger partial charge in [-0.2, -0.15) is 0 Å². The van der Waals surface area contributed by atoms with E-state index in [1.54, 1.807) is 0 Å². The van der Waals surface area contributed by atoms with Gasteiger partial charge < -0.3 is 4.52 Å². The predicted octanol–water partition coefficient (Wildman–Crippen LogP) is 3.88. The van der Waals surface area contributed by atoms with Crippen molar-refractivity contribution in [3.05, 3.63) is 17.5 Å². The first-order chi connectivity index (χ1) is 6.20. The summed E-state index contributed by atoms with van der Waals surface area (Å²) in [5.41, 5.74) is 0.942. The lowest BCUT2D eigenvalue weighted by Crippen LogP contribution is -1.66. The van der Waals surface area contributed by atoms with E-state index >= 15 is 0 Å². The van der Waals surface area contributed by atoms with E-state index in [-0.39, 0.29) is 0 Å². The van der Waals surface area contributed by atoms with Gasteiger partial charge in [-0.15, -0.1) is 0 Å². The molecule has 0 aliphatic rings. The van der Waals surface area contributed by atoms with Crippen LogP contribution in [0.15, 0.2) is 10.6 Å². The molecule has 2 nitrogen and oxygen atoms in total. The Kier molecular flexibility index (Phi) is 7.36. The van der Waals surface area contributed by atoms with Crippen molar-refractivity contribution in [3.8, 4) is 0 Å². The second-order valence-corrected chi connectivity index (χ2v) is 3.29. The lowest BCUT2D eigenvalue weighted by molar-refractivity contribution is 0.393. The molecule has 0 aromatic carbocycles. The quantitative estimate of drug-likeness (QED) is 0.665. The van der Waals surface area contributed by atoms with Gasteiger partial charge in [0.15, 0.2) is 0 Å². The normalized spacial score (nSPS) is 9.23. The van der Waals surface area contributed by atoms with E-state index in [0.29, 0.717) is 0 Å². The van der Waals surface area contributed by atoms with Crippen LogP contribution in [0.5, 0.6) is 0 Å². The second-order valence-electron chi connectivity index (χ2n) is 3.29. The summed E-state index contributed by atoms with van der Waals surface area (Å²) >= 11 is 0. The molecule has 0 saturated carbocycles. The van der Waals surface area contributed by atoms with Gasteiger partial charge in [0.2, 0.25) is 0 Å². The molecule has 0 aliphatic carbocycles. The van der Waals surface area contributed by atoms with Crippen LogP contribution in [0.1, 0.15) is 51.0 Å². The van der Waals surface area contributed by atoms with Crippen molar-refractivity contribution in [2.75, 3.05) is 0 Å². The number of rotatable bonds is 3. The summed E-state index contributed by atoms with van der Waals surface area (Å²) in [6.07, 6.45) is 5.54. The van der Waals surface area contributed by atoms with Gasteiger partial charge in [0.25, 0.3) is 0 Å². The van der Waals surface area contributed by atoms with Crippen LogP contribution in [0, 0.1) is 13.8 Å². The molecule has 76 valence electrons. The van der Waals surface area contributed by atoms with Crippen molar-refractivity contribution in [3.63, 3.8) is 0 Å². The van der Waals surface area contributed by atoms with E-state index in [1.165, 1.54) is 25.7 Å². The zero-order valence-electron chi connectivity index (χ0n) is 9.26. The first kappa shape index (κ1) is 12.2. The van der Waals surface area contributed by atoms with Crippen LogP contribution in [0.2, 0.25) is 0 Å². The zero-order valence-corrected chi connectivity index (χ0v) is 9.26. The Morgan fingerprint density at radius 3 is 1.85 bits per heavy atom. The van der Waals surface area contributed by atoms with Crippen molar-refractivity contribution in [1.82, 2.24) is 5.16 Å². The lowest BCUT2D eigenvalue weighted by Gasteiger charge is -1.86. The van der Waals surface area contributed by atoms with Crippen molar-refractivity contribution >= 4 is 0 Å². The number of nitrogens with zero attached hydrogens (tertiary/aromatic N) is 1. The number of aryl methyl sites for hydroxylation is 2. The summed E-state index contributed by atoms with van der Waals surface area (Å²) in [5, 5.41) is 3.64. The summed E-state index contributed by atoms with van der Waals surface area (Å²) in [6, 6.07) is 1.89. The molecule has 1 aromatic rings. The second kappa shape index (κ2) is 7.84. The van der Waals surface area contributed by atoms with E-state index in [2.05, 4.69) is 19.0 Å². The minimum atomic E-state index is 0.873. The van der Waals surface area contributed by atoms with Gasteiger partial charge in [0.05, 0.1) is 5.69 Å². The molecule has 0 unspecified atom stereocenters. The van der Waals surface area contributed by atoms with Crippen LogP contribution in [0.25, 0.3) is 0 Å². The Balaban J connectivity index is 0.000000226. The Hall–Kier alpha value is -0.790. The Morgan fingerprint density at radius 2 is 1.69 bits per heavy atom. The van der Waals surface area contributed by atoms with Gasteiger partial charge in [-0.3, -0.25) is 0 Å². The number of hydrogen-bond donors (Lipinski definition) is 0. The lowest BCUT2D eigenvalue weighted by atomic mass is 10.2. The van der Waals surface area contributed by atoms with Gasteiger partial charge in [-0.1, -0.05) is 44.7 Å². The molecule has 0 atom stereocenters. The van der Waals surface area contributed by atoms with E-state index in [9.17, 15) is 0 Å². The van der Waals surface area contributed by atoms with Crippen LogP contribution < -0.4 is 0 Å². The zero-order chi connectivity index (χ0) is 10.1. The molecule has 0 radical (unpaired) electrons. The fraction of sp³-hybridized carbons (Fsp3) is 0.727. The van der Waals surface area contributed by atoms with Gasteiger partial charge >= 0.3 is 0 Å². The molecule has 1 heterocycles. The minimum Gasteiger partial charge on any atom is -0.361 e. The third-order valence-electron chi connectivity index (χ3n) is 1.70. The molecular weight excluding hydrogens is 162 g/mol. The third kappa shape index (κ3) is 7.57. The smallest absolute Gasteiger partial charge is 0.133 e. The summed E-state index contributed by atoms with van der Waals surface area (Å²) in [5.74, 6) is 0.873. The van der Waals surface area contributed by atoms with Crippen LogP contribution >= 0.6 is 0 Å². The highest BCUT2D eigenvalue weighted by Crippen LogP contribution is 1.97. The van der Waals surface area contributed by atoms with Gasteiger partial charge in [-0.05, 0) is 13.8 Å². The summed E-state index contributed by atoms with van der Waals surface area (Å²) in [7, 11) is 0. The van der Waals surface area contributed by atoms with Crippen molar-refractivity contribution in [2.45, 2.75) is 53.4 Å². The van der Waals surface area contributed by atoms with Gasteiger partial charge in [0, 0.05) is 6.07 Å². The standard InChI is InChI=1S/C6H14.C5H7NO/c1-3-5-6-4-2;1-4-3-5(2)7-6-4/h3-6H2,1-2H3;3H,1-2H3. The summed E-state index contributed by atoms with van der Waals surface area (Å²) < 4.78 is 4.71. The Labute approximate surface area is 81.3 Å². The van der Waals surface area contributed by atoms with Gasteiger partial charge in [0.1, 0.15) is 5.76 Å². The first-order valence-corrected chi connectivity index (χ1v) is 5.10. The molecule has 0 saturated heterocycles. The fourth-order valence-electron chi connectivity index (χ4n) is 0.991. The predicted molar refractivity (Wildman–Crippen MR) is 55.8 cm³/mol. The largest absolute Gasteiger partial charge is 0.361 e. The molecule has 0 N–H and O–H groups in total. The van der Waals surface area contributed by atoms with Gasteiger partial charge in [-0.25, -0.2) is 0 Å². The topological polar surface area (TPSA) is 26.0 Å². The van der Waals surface area contributed by atoms with Crippen LogP contribution in [0.4, 0.5) is 0 Å². The average Bonchev–Trinajstić information content (AvgIpc) is 2.47. The number of hydrogen-bond acceptors (Lipinski definition) is 2. The molecule has 0 aliphatic heterocycles. The Bertz CT molecular complexity index is 185. The Morgan fingerprint density at radius 1 is 1.15 bits per heavy atom. The van der Waals surface area contributed by atoms with Crippen molar-refractivity contribution in [2.24, 2.45) is 0 Å². The molecule has 0 bridgehead atoms. The third-order valence-corrected chi connectivity index (χ3v) is 1.70. The molecule has 0 fully saturated rings. The highest BCUT2D eigenvalue weighted by Gasteiger charge is 1.88. The van der Waals surface area contributed by atoms with Crippen LogP contribution in [-0.4, -0.2) is 5.16 Å². The molecule has 1 rings (SSSR count). The van der Waals surface area contributed by atoms with Crippen molar-refractivity contribution in [1.29, 1.82) is 0 Å². The van der Waals surface area contributed by atoms with Crippen LogP contribution in [0.3, 0.4) is 0 Å². The molecule has 2 heteroatoms. The molecule has 0 amide bonds. The first-order valence-electron chi connectivity index (χ1n) is 5.10. The summed E-state index contributed by atoms with van der Waals surface area (Å²) in [4.78, 5) is 0. The maximum Gasteiger partial charge on any atom is 0.133 e. The van der Waals surface area contributed by atoms with E-state index in [0.717, 1.165) is 11.5 Å².